The number of piperidine rings is 3. The van der Waals surface area contributed by atoms with Gasteiger partial charge in [0.15, 0.2) is 11.6 Å². The number of nitrogens with zero attached hydrogens (tertiary/aromatic N) is 3. The molecule has 10 heteroatoms. The van der Waals surface area contributed by atoms with E-state index in [9.17, 15) is 9.59 Å². The van der Waals surface area contributed by atoms with Crippen molar-refractivity contribution in [2.24, 2.45) is 5.92 Å². The van der Waals surface area contributed by atoms with Crippen molar-refractivity contribution < 1.29 is 13.9 Å². The van der Waals surface area contributed by atoms with Gasteiger partial charge in [-0.15, -0.1) is 0 Å². The lowest BCUT2D eigenvalue weighted by Crippen LogP contribution is -2.53. The molecule has 0 radical (unpaired) electrons. The number of H-pyrrole nitrogens is 2. The number of carbonyl (C=O) groups excluding carboxylic acids is 1. The normalized spacial score (nSPS) is 22.7. The molecule has 1 amide bonds. The fraction of sp³-hybridized carbons (Fsp3) is 0.414. The first-order valence-corrected chi connectivity index (χ1v) is 13.8. The van der Waals surface area contributed by atoms with Gasteiger partial charge in [0.05, 0.1) is 28.8 Å². The van der Waals surface area contributed by atoms with Gasteiger partial charge in [-0.1, -0.05) is 12.1 Å². The van der Waals surface area contributed by atoms with Gasteiger partial charge in [-0.2, -0.15) is 0 Å². The zero-order valence-corrected chi connectivity index (χ0v) is 21.6. The van der Waals surface area contributed by atoms with Crippen molar-refractivity contribution in [2.75, 3.05) is 44.6 Å². The molecule has 2 bridgehead atoms. The number of pyridine rings is 1. The molecule has 0 unspecified atom stereocenters. The van der Waals surface area contributed by atoms with Crippen molar-refractivity contribution in [3.8, 4) is 17.1 Å². The lowest BCUT2D eigenvalue weighted by Gasteiger charge is -2.45. The lowest BCUT2D eigenvalue weighted by atomic mass is 9.83. The van der Waals surface area contributed by atoms with E-state index in [1.807, 2.05) is 24.3 Å². The quantitative estimate of drug-likeness (QED) is 0.336. The molecule has 6 heterocycles. The second-order valence-corrected chi connectivity index (χ2v) is 10.9. The van der Waals surface area contributed by atoms with E-state index in [1.165, 1.54) is 6.07 Å². The number of aromatic amines is 2. The Morgan fingerprint density at radius 1 is 1.08 bits per heavy atom. The Balaban J connectivity index is 1.29. The van der Waals surface area contributed by atoms with Crippen molar-refractivity contribution in [1.82, 2.24) is 24.8 Å². The molecule has 4 aliphatic heterocycles. The van der Waals surface area contributed by atoms with Gasteiger partial charge in [0, 0.05) is 37.0 Å². The summed E-state index contributed by atoms with van der Waals surface area (Å²) in [6.45, 7) is 4.36. The maximum absolute atomic E-state index is 15.5. The largest absolute Gasteiger partial charge is 0.489 e. The molecule has 4 fully saturated rings. The minimum atomic E-state index is -0.519. The molecule has 9 nitrogen and oxygen atoms in total. The van der Waals surface area contributed by atoms with E-state index >= 15 is 4.39 Å². The maximum Gasteiger partial charge on any atom is 0.261 e. The van der Waals surface area contributed by atoms with Crippen LogP contribution in [0, 0.1) is 11.7 Å². The SMILES string of the molecule is O=C1CCCN1CCOc1cc2[nH]c(=O)c(-c3nc4ccccc4[nH]3)c(N[C@H]3CN4CCC3CC4)c2cc1F. The van der Waals surface area contributed by atoms with E-state index in [0.29, 0.717) is 53.4 Å². The number of para-hydroxylation sites is 2. The minimum absolute atomic E-state index is 0.0510. The van der Waals surface area contributed by atoms with Crippen LogP contribution in [-0.4, -0.2) is 76.0 Å². The van der Waals surface area contributed by atoms with Crippen LogP contribution in [0.1, 0.15) is 25.7 Å². The van der Waals surface area contributed by atoms with E-state index in [0.717, 1.165) is 49.9 Å². The van der Waals surface area contributed by atoms with E-state index in [4.69, 9.17) is 9.72 Å². The van der Waals surface area contributed by atoms with Crippen LogP contribution in [0.25, 0.3) is 33.3 Å². The van der Waals surface area contributed by atoms with Gasteiger partial charge in [0.2, 0.25) is 5.91 Å². The van der Waals surface area contributed by atoms with Gasteiger partial charge >= 0.3 is 0 Å². The highest BCUT2D eigenvalue weighted by molar-refractivity contribution is 5.99. The molecular weight excluding hydrogens is 499 g/mol. The van der Waals surface area contributed by atoms with Crippen LogP contribution in [0.2, 0.25) is 0 Å². The van der Waals surface area contributed by atoms with E-state index in [1.54, 1.807) is 11.0 Å². The van der Waals surface area contributed by atoms with Gasteiger partial charge in [0.25, 0.3) is 5.56 Å². The Bertz CT molecular complexity index is 1590. The number of rotatable bonds is 7. The number of ether oxygens (including phenoxy) is 1. The van der Waals surface area contributed by atoms with Crippen molar-refractivity contribution in [1.29, 1.82) is 0 Å². The number of carbonyl (C=O) groups is 1. The highest BCUT2D eigenvalue weighted by atomic mass is 19.1. The highest BCUT2D eigenvalue weighted by Crippen LogP contribution is 2.37. The number of anilines is 1. The second-order valence-electron chi connectivity index (χ2n) is 10.9. The van der Waals surface area contributed by atoms with Crippen molar-refractivity contribution in [2.45, 2.75) is 31.7 Å². The molecule has 4 saturated heterocycles. The highest BCUT2D eigenvalue weighted by Gasteiger charge is 2.35. The molecule has 2 aromatic heterocycles. The Morgan fingerprint density at radius 3 is 2.67 bits per heavy atom. The zero-order chi connectivity index (χ0) is 26.5. The van der Waals surface area contributed by atoms with Crippen LogP contribution < -0.4 is 15.6 Å². The fourth-order valence-corrected chi connectivity index (χ4v) is 6.37. The molecule has 0 spiro atoms. The first kappa shape index (κ1) is 24.1. The summed E-state index contributed by atoms with van der Waals surface area (Å²) in [5, 5.41) is 4.24. The number of hydrogen-bond donors (Lipinski definition) is 3. The van der Waals surface area contributed by atoms with Crippen molar-refractivity contribution >= 4 is 33.5 Å². The molecule has 8 rings (SSSR count). The number of amides is 1. The van der Waals surface area contributed by atoms with Crippen molar-refractivity contribution in [3.05, 3.63) is 52.6 Å². The van der Waals surface area contributed by atoms with Crippen LogP contribution in [0.15, 0.2) is 41.2 Å². The van der Waals surface area contributed by atoms with Crippen LogP contribution in [0.4, 0.5) is 10.1 Å². The molecule has 39 heavy (non-hydrogen) atoms. The van der Waals surface area contributed by atoms with Crippen LogP contribution in [0.5, 0.6) is 5.75 Å². The summed E-state index contributed by atoms with van der Waals surface area (Å²) in [4.78, 5) is 40.6. The van der Waals surface area contributed by atoms with Crippen LogP contribution in [0.3, 0.4) is 0 Å². The Morgan fingerprint density at radius 2 is 1.92 bits per heavy atom. The number of likely N-dealkylation sites (tertiary alicyclic amines) is 1. The Kier molecular flexibility index (Phi) is 5.99. The van der Waals surface area contributed by atoms with E-state index in [2.05, 4.69) is 20.2 Å². The molecule has 4 aromatic rings. The first-order chi connectivity index (χ1) is 19.0. The maximum atomic E-state index is 15.5. The van der Waals surface area contributed by atoms with Crippen LogP contribution >= 0.6 is 0 Å². The molecule has 3 N–H and O–H groups in total. The summed E-state index contributed by atoms with van der Waals surface area (Å²) in [6, 6.07) is 10.8. The van der Waals surface area contributed by atoms with Gasteiger partial charge in [-0.25, -0.2) is 9.37 Å². The summed E-state index contributed by atoms with van der Waals surface area (Å²) in [7, 11) is 0. The Labute approximate surface area is 224 Å². The summed E-state index contributed by atoms with van der Waals surface area (Å²) >= 11 is 0. The molecule has 4 aliphatic rings. The third-order valence-electron chi connectivity index (χ3n) is 8.47. The number of halogens is 1. The monoisotopic (exact) mass is 530 g/mol. The number of aromatic nitrogens is 3. The van der Waals surface area contributed by atoms with Gasteiger partial charge in [-0.3, -0.25) is 9.59 Å². The topological polar surface area (TPSA) is 106 Å². The summed E-state index contributed by atoms with van der Waals surface area (Å²) in [6.07, 6.45) is 3.59. The third kappa shape index (κ3) is 4.42. The molecule has 2 aromatic carbocycles. The molecule has 1 atom stereocenters. The fourth-order valence-electron chi connectivity index (χ4n) is 6.37. The predicted octanol–water partition coefficient (Wildman–Crippen LogP) is 3.72. The molecular formula is C29H31FN6O3. The third-order valence-corrected chi connectivity index (χ3v) is 8.47. The predicted molar refractivity (Wildman–Crippen MR) is 147 cm³/mol. The van der Waals surface area contributed by atoms with Crippen LogP contribution in [-0.2, 0) is 4.79 Å². The number of imidazole rings is 1. The van der Waals surface area contributed by atoms with E-state index < -0.39 is 5.82 Å². The number of benzene rings is 2. The lowest BCUT2D eigenvalue weighted by molar-refractivity contribution is -0.128. The molecule has 202 valence electrons. The van der Waals surface area contributed by atoms with Gasteiger partial charge in [-0.05, 0) is 56.5 Å². The minimum Gasteiger partial charge on any atom is -0.489 e. The van der Waals surface area contributed by atoms with Gasteiger partial charge < -0.3 is 29.8 Å². The average Bonchev–Trinajstić information content (AvgIpc) is 3.56. The number of fused-ring (bicyclic) bond motifs is 5. The van der Waals surface area contributed by atoms with Gasteiger partial charge in [0.1, 0.15) is 18.0 Å². The average molecular weight is 531 g/mol. The number of hydrogen-bond acceptors (Lipinski definition) is 6. The van der Waals surface area contributed by atoms with E-state index in [-0.39, 0.29) is 29.9 Å². The van der Waals surface area contributed by atoms with Crippen molar-refractivity contribution in [3.63, 3.8) is 0 Å². The first-order valence-electron chi connectivity index (χ1n) is 13.8. The second kappa shape index (κ2) is 9.68. The number of nitrogens with one attached hydrogen (secondary N) is 3. The summed E-state index contributed by atoms with van der Waals surface area (Å²) in [5.74, 6) is 0.570. The Hall–Kier alpha value is -3.92. The smallest absolute Gasteiger partial charge is 0.261 e. The standard InChI is InChI=1S/C29H31FN6O3/c30-19-14-18-22(15-24(19)39-13-12-36-9-3-6-25(36)37)34-29(38)26(28-32-20-4-1-2-5-21(20)33-28)27(18)31-23-16-35-10-7-17(23)8-11-35/h1-2,4-5,14-15,17,23H,3,6-13,16H2,(H,32,33)(H2,31,34,38)/t23-/m0/s1. The molecule has 0 aliphatic carbocycles. The summed E-state index contributed by atoms with van der Waals surface area (Å²) < 4.78 is 21.2. The summed E-state index contributed by atoms with van der Waals surface area (Å²) in [5.41, 5.74) is 2.71. The molecule has 0 saturated carbocycles. The zero-order valence-electron chi connectivity index (χ0n) is 21.6.